The van der Waals surface area contributed by atoms with Crippen LogP contribution in [0.15, 0.2) is 0 Å². The molecule has 84 valence electrons. The summed E-state index contributed by atoms with van der Waals surface area (Å²) in [6, 6.07) is 0. The molecule has 3 aliphatic rings. The second-order valence-electron chi connectivity index (χ2n) is 5.20. The molecule has 0 aromatic heterocycles. The molecule has 2 aliphatic carbocycles. The summed E-state index contributed by atoms with van der Waals surface area (Å²) in [5.74, 6) is 1.71. The van der Waals surface area contributed by atoms with E-state index in [1.54, 1.807) is 0 Å². The normalized spacial score (nSPS) is 43.5. The highest BCUT2D eigenvalue weighted by atomic mass is 16.6. The van der Waals surface area contributed by atoms with E-state index in [0.29, 0.717) is 12.5 Å². The molecule has 0 N–H and O–H groups in total. The number of rotatable bonds is 2. The SMILES string of the molecule is O=C(OC1CCOC1)C1CC2CCC1C2. The van der Waals surface area contributed by atoms with Gasteiger partial charge in [-0.2, -0.15) is 0 Å². The number of hydrogen-bond acceptors (Lipinski definition) is 3. The number of hydrogen-bond donors (Lipinski definition) is 0. The zero-order valence-corrected chi connectivity index (χ0v) is 8.98. The molecule has 0 aromatic rings. The first-order chi connectivity index (χ1) is 7.33. The molecule has 1 heterocycles. The van der Waals surface area contributed by atoms with Crippen LogP contribution < -0.4 is 0 Å². The van der Waals surface area contributed by atoms with Crippen molar-refractivity contribution in [3.05, 3.63) is 0 Å². The molecule has 0 amide bonds. The van der Waals surface area contributed by atoms with Crippen LogP contribution in [-0.2, 0) is 14.3 Å². The maximum Gasteiger partial charge on any atom is 0.309 e. The van der Waals surface area contributed by atoms with Gasteiger partial charge in [0.25, 0.3) is 0 Å². The standard InChI is InChI=1S/C12H18O3/c13-12(15-10-3-4-14-7-10)11-6-8-1-2-9(11)5-8/h8-11H,1-7H2. The molecule has 3 rings (SSSR count). The molecule has 0 aromatic carbocycles. The molecule has 3 heteroatoms. The zero-order valence-electron chi connectivity index (χ0n) is 8.98. The van der Waals surface area contributed by atoms with Gasteiger partial charge in [0.1, 0.15) is 6.10 Å². The summed E-state index contributed by atoms with van der Waals surface area (Å²) < 4.78 is 10.7. The monoisotopic (exact) mass is 210 g/mol. The third-order valence-electron chi connectivity index (χ3n) is 4.21. The molecule has 4 atom stereocenters. The van der Waals surface area contributed by atoms with E-state index in [0.717, 1.165) is 25.4 Å². The minimum atomic E-state index is 0.0385. The van der Waals surface area contributed by atoms with E-state index >= 15 is 0 Å². The molecular weight excluding hydrogens is 192 g/mol. The van der Waals surface area contributed by atoms with Gasteiger partial charge >= 0.3 is 5.97 Å². The predicted molar refractivity (Wildman–Crippen MR) is 54.3 cm³/mol. The average molecular weight is 210 g/mol. The lowest BCUT2D eigenvalue weighted by molar-refractivity contribution is -0.155. The van der Waals surface area contributed by atoms with Crippen LogP contribution in [0.5, 0.6) is 0 Å². The predicted octanol–water partition coefficient (Wildman–Crippen LogP) is 1.75. The number of carbonyl (C=O) groups is 1. The fraction of sp³-hybridized carbons (Fsp3) is 0.917. The highest BCUT2D eigenvalue weighted by Crippen LogP contribution is 2.48. The van der Waals surface area contributed by atoms with Crippen molar-refractivity contribution in [3.63, 3.8) is 0 Å². The van der Waals surface area contributed by atoms with Crippen LogP contribution >= 0.6 is 0 Å². The van der Waals surface area contributed by atoms with Crippen LogP contribution in [0.1, 0.15) is 32.1 Å². The van der Waals surface area contributed by atoms with E-state index < -0.39 is 0 Å². The minimum absolute atomic E-state index is 0.0385. The molecule has 3 nitrogen and oxygen atoms in total. The van der Waals surface area contributed by atoms with Gasteiger partial charge in [-0.1, -0.05) is 6.42 Å². The van der Waals surface area contributed by atoms with E-state index in [1.807, 2.05) is 0 Å². The second-order valence-corrected chi connectivity index (χ2v) is 5.20. The maximum absolute atomic E-state index is 11.9. The highest BCUT2D eigenvalue weighted by Gasteiger charge is 2.44. The Kier molecular flexibility index (Phi) is 2.43. The molecule has 1 saturated heterocycles. The first kappa shape index (κ1) is 9.64. The van der Waals surface area contributed by atoms with E-state index in [4.69, 9.17) is 9.47 Å². The Bertz CT molecular complexity index is 258. The van der Waals surface area contributed by atoms with E-state index in [9.17, 15) is 4.79 Å². The Labute approximate surface area is 90.1 Å². The molecule has 3 fully saturated rings. The summed E-state index contributed by atoms with van der Waals surface area (Å²) in [5.41, 5.74) is 0. The van der Waals surface area contributed by atoms with Crippen LogP contribution in [0.2, 0.25) is 0 Å². The lowest BCUT2D eigenvalue weighted by Crippen LogP contribution is -2.27. The minimum Gasteiger partial charge on any atom is -0.460 e. The summed E-state index contributed by atoms with van der Waals surface area (Å²) in [7, 11) is 0. The number of ether oxygens (including phenoxy) is 2. The van der Waals surface area contributed by atoms with Gasteiger partial charge in [-0.15, -0.1) is 0 Å². The molecule has 0 spiro atoms. The lowest BCUT2D eigenvalue weighted by atomic mass is 9.89. The van der Waals surface area contributed by atoms with Crippen LogP contribution in [0, 0.1) is 17.8 Å². The first-order valence-corrected chi connectivity index (χ1v) is 6.11. The smallest absolute Gasteiger partial charge is 0.309 e. The fourth-order valence-corrected chi connectivity index (χ4v) is 3.39. The van der Waals surface area contributed by atoms with Crippen molar-refractivity contribution in [2.75, 3.05) is 13.2 Å². The number of fused-ring (bicyclic) bond motifs is 2. The molecule has 1 aliphatic heterocycles. The molecular formula is C12H18O3. The topological polar surface area (TPSA) is 35.5 Å². The van der Waals surface area contributed by atoms with Crippen molar-refractivity contribution in [2.45, 2.75) is 38.2 Å². The fourth-order valence-electron chi connectivity index (χ4n) is 3.39. The molecule has 2 bridgehead atoms. The van der Waals surface area contributed by atoms with Gasteiger partial charge in [-0.3, -0.25) is 4.79 Å². The lowest BCUT2D eigenvalue weighted by Gasteiger charge is -2.21. The zero-order chi connectivity index (χ0) is 10.3. The quantitative estimate of drug-likeness (QED) is 0.651. The Balaban J connectivity index is 1.56. The molecule has 15 heavy (non-hydrogen) atoms. The summed E-state index contributed by atoms with van der Waals surface area (Å²) in [5, 5.41) is 0. The highest BCUT2D eigenvalue weighted by molar-refractivity contribution is 5.73. The van der Waals surface area contributed by atoms with Crippen molar-refractivity contribution >= 4 is 5.97 Å². The molecule has 4 unspecified atom stereocenters. The Morgan fingerprint density at radius 1 is 1.20 bits per heavy atom. The van der Waals surface area contributed by atoms with Crippen molar-refractivity contribution in [3.8, 4) is 0 Å². The first-order valence-electron chi connectivity index (χ1n) is 6.11. The molecule has 0 radical (unpaired) electrons. The summed E-state index contributed by atoms with van der Waals surface area (Å²) in [4.78, 5) is 11.9. The van der Waals surface area contributed by atoms with E-state index in [1.165, 1.54) is 19.3 Å². The third kappa shape index (κ3) is 1.78. The van der Waals surface area contributed by atoms with Gasteiger partial charge in [0.05, 0.1) is 19.1 Å². The average Bonchev–Trinajstić information content (AvgIpc) is 2.93. The van der Waals surface area contributed by atoms with Crippen LogP contribution in [0.3, 0.4) is 0 Å². The molecule has 2 saturated carbocycles. The van der Waals surface area contributed by atoms with E-state index in [2.05, 4.69) is 0 Å². The summed E-state index contributed by atoms with van der Waals surface area (Å²) >= 11 is 0. The van der Waals surface area contributed by atoms with Crippen LogP contribution in [0.25, 0.3) is 0 Å². The van der Waals surface area contributed by atoms with Gasteiger partial charge in [-0.05, 0) is 31.1 Å². The second kappa shape index (κ2) is 3.78. The van der Waals surface area contributed by atoms with Gasteiger partial charge in [-0.25, -0.2) is 0 Å². The number of esters is 1. The number of carbonyl (C=O) groups excluding carboxylic acids is 1. The summed E-state index contributed by atoms with van der Waals surface area (Å²) in [6.07, 6.45) is 5.84. The van der Waals surface area contributed by atoms with Gasteiger partial charge in [0, 0.05) is 6.42 Å². The van der Waals surface area contributed by atoms with Crippen molar-refractivity contribution < 1.29 is 14.3 Å². The summed E-state index contributed by atoms with van der Waals surface area (Å²) in [6.45, 7) is 1.35. The third-order valence-corrected chi connectivity index (χ3v) is 4.21. The Morgan fingerprint density at radius 2 is 2.13 bits per heavy atom. The van der Waals surface area contributed by atoms with Crippen molar-refractivity contribution in [1.29, 1.82) is 0 Å². The maximum atomic E-state index is 11.9. The van der Waals surface area contributed by atoms with E-state index in [-0.39, 0.29) is 18.0 Å². The Hall–Kier alpha value is -0.570. The van der Waals surface area contributed by atoms with Gasteiger partial charge < -0.3 is 9.47 Å². The Morgan fingerprint density at radius 3 is 2.73 bits per heavy atom. The van der Waals surface area contributed by atoms with Crippen LogP contribution in [-0.4, -0.2) is 25.3 Å². The van der Waals surface area contributed by atoms with Gasteiger partial charge in [0.15, 0.2) is 0 Å². The van der Waals surface area contributed by atoms with Crippen LogP contribution in [0.4, 0.5) is 0 Å². The van der Waals surface area contributed by atoms with Crippen molar-refractivity contribution in [1.82, 2.24) is 0 Å². The van der Waals surface area contributed by atoms with Gasteiger partial charge in [0.2, 0.25) is 0 Å². The largest absolute Gasteiger partial charge is 0.460 e. The van der Waals surface area contributed by atoms with Crippen molar-refractivity contribution in [2.24, 2.45) is 17.8 Å².